The zero-order valence-electron chi connectivity index (χ0n) is 14.8. The minimum absolute atomic E-state index is 0.303. The Morgan fingerprint density at radius 2 is 1.77 bits per heavy atom. The van der Waals surface area contributed by atoms with Crippen LogP contribution in [0.2, 0.25) is 0 Å². The second-order valence-corrected chi connectivity index (χ2v) is 5.44. The SMILES string of the molecule is CCOc1ccccc1C(=O)NCC(=O)NNC(=O)c1cc(C)oc1C. The van der Waals surface area contributed by atoms with Gasteiger partial charge in [-0.1, -0.05) is 12.1 Å². The highest BCUT2D eigenvalue weighted by Crippen LogP contribution is 2.17. The van der Waals surface area contributed by atoms with E-state index >= 15 is 0 Å². The number of aryl methyl sites for hydroxylation is 2. The molecule has 8 nitrogen and oxygen atoms in total. The van der Waals surface area contributed by atoms with Gasteiger partial charge in [-0.15, -0.1) is 0 Å². The predicted molar refractivity (Wildman–Crippen MR) is 93.7 cm³/mol. The van der Waals surface area contributed by atoms with Gasteiger partial charge in [0, 0.05) is 0 Å². The van der Waals surface area contributed by atoms with E-state index in [1.165, 1.54) is 0 Å². The lowest BCUT2D eigenvalue weighted by atomic mass is 10.2. The van der Waals surface area contributed by atoms with Gasteiger partial charge in [0.25, 0.3) is 17.7 Å². The fraction of sp³-hybridized carbons (Fsp3) is 0.278. The van der Waals surface area contributed by atoms with Gasteiger partial charge in [0.05, 0.1) is 24.3 Å². The van der Waals surface area contributed by atoms with Crippen LogP contribution in [-0.2, 0) is 4.79 Å². The summed E-state index contributed by atoms with van der Waals surface area (Å²) >= 11 is 0. The molecule has 138 valence electrons. The molecule has 2 aromatic rings. The number of hydrazine groups is 1. The van der Waals surface area contributed by atoms with E-state index < -0.39 is 17.7 Å². The van der Waals surface area contributed by atoms with Crippen LogP contribution in [0.1, 0.15) is 39.2 Å². The molecule has 0 fully saturated rings. The van der Waals surface area contributed by atoms with Crippen molar-refractivity contribution >= 4 is 17.7 Å². The number of nitrogens with one attached hydrogen (secondary N) is 3. The summed E-state index contributed by atoms with van der Waals surface area (Å²) < 4.78 is 10.6. The second-order valence-electron chi connectivity index (χ2n) is 5.44. The number of rotatable bonds is 6. The first kappa shape index (κ1) is 19.0. The minimum atomic E-state index is -0.571. The Labute approximate surface area is 150 Å². The molecule has 8 heteroatoms. The first-order valence-electron chi connectivity index (χ1n) is 8.08. The van der Waals surface area contributed by atoms with Gasteiger partial charge in [-0.25, -0.2) is 0 Å². The van der Waals surface area contributed by atoms with Gasteiger partial charge in [0.2, 0.25) is 0 Å². The third-order valence-electron chi connectivity index (χ3n) is 3.44. The number of para-hydroxylation sites is 1. The lowest BCUT2D eigenvalue weighted by Crippen LogP contribution is -2.46. The Balaban J connectivity index is 1.84. The van der Waals surface area contributed by atoms with Gasteiger partial charge in [-0.3, -0.25) is 25.2 Å². The number of hydrogen-bond donors (Lipinski definition) is 3. The van der Waals surface area contributed by atoms with Crippen LogP contribution in [0, 0.1) is 13.8 Å². The first-order valence-corrected chi connectivity index (χ1v) is 8.08. The second kappa shape index (κ2) is 8.70. The average molecular weight is 359 g/mol. The zero-order chi connectivity index (χ0) is 19.1. The third kappa shape index (κ3) is 4.85. The quantitative estimate of drug-likeness (QED) is 0.677. The van der Waals surface area contributed by atoms with Gasteiger partial charge >= 0.3 is 0 Å². The van der Waals surface area contributed by atoms with Crippen LogP contribution in [0.15, 0.2) is 34.7 Å². The van der Waals surface area contributed by atoms with E-state index in [1.807, 2.05) is 6.92 Å². The van der Waals surface area contributed by atoms with E-state index in [0.717, 1.165) is 0 Å². The number of ether oxygens (including phenoxy) is 1. The molecule has 3 amide bonds. The van der Waals surface area contributed by atoms with Crippen LogP contribution in [0.5, 0.6) is 5.75 Å². The molecule has 2 rings (SSSR count). The van der Waals surface area contributed by atoms with Crippen LogP contribution >= 0.6 is 0 Å². The van der Waals surface area contributed by atoms with Crippen molar-refractivity contribution in [2.75, 3.05) is 13.2 Å². The highest BCUT2D eigenvalue weighted by atomic mass is 16.5. The highest BCUT2D eigenvalue weighted by Gasteiger charge is 2.15. The lowest BCUT2D eigenvalue weighted by molar-refractivity contribution is -0.120. The van der Waals surface area contributed by atoms with Crippen molar-refractivity contribution in [2.45, 2.75) is 20.8 Å². The van der Waals surface area contributed by atoms with Gasteiger partial charge in [-0.2, -0.15) is 0 Å². The normalized spacial score (nSPS) is 10.1. The molecule has 3 N–H and O–H groups in total. The molecule has 0 atom stereocenters. The van der Waals surface area contributed by atoms with Crippen LogP contribution in [0.3, 0.4) is 0 Å². The molecule has 0 radical (unpaired) electrons. The summed E-state index contributed by atoms with van der Waals surface area (Å²) in [6.07, 6.45) is 0. The lowest BCUT2D eigenvalue weighted by Gasteiger charge is -2.11. The maximum Gasteiger partial charge on any atom is 0.273 e. The molecule has 0 aliphatic rings. The predicted octanol–water partition coefficient (Wildman–Crippen LogP) is 1.49. The summed E-state index contributed by atoms with van der Waals surface area (Å²) in [5, 5.41) is 2.48. The molecule has 1 aromatic heterocycles. The van der Waals surface area contributed by atoms with Crippen molar-refractivity contribution in [2.24, 2.45) is 0 Å². The van der Waals surface area contributed by atoms with E-state index in [-0.39, 0.29) is 6.54 Å². The molecule has 1 heterocycles. The van der Waals surface area contributed by atoms with Crippen molar-refractivity contribution in [1.29, 1.82) is 0 Å². The first-order chi connectivity index (χ1) is 12.4. The van der Waals surface area contributed by atoms with E-state index in [0.29, 0.717) is 35.0 Å². The van der Waals surface area contributed by atoms with E-state index in [4.69, 9.17) is 9.15 Å². The number of carbonyl (C=O) groups is 3. The highest BCUT2D eigenvalue weighted by molar-refractivity contribution is 5.99. The molecule has 0 saturated heterocycles. The summed E-state index contributed by atoms with van der Waals surface area (Å²) in [5.41, 5.74) is 5.17. The van der Waals surface area contributed by atoms with Crippen molar-refractivity contribution in [3.63, 3.8) is 0 Å². The third-order valence-corrected chi connectivity index (χ3v) is 3.44. The molecule has 0 unspecified atom stereocenters. The number of amides is 3. The molecular formula is C18H21N3O5. The van der Waals surface area contributed by atoms with Crippen LogP contribution in [0.25, 0.3) is 0 Å². The van der Waals surface area contributed by atoms with Crippen molar-refractivity contribution in [3.8, 4) is 5.75 Å². The number of hydrogen-bond acceptors (Lipinski definition) is 5. The standard InChI is InChI=1S/C18H21N3O5/c1-4-25-15-8-6-5-7-13(15)17(23)19-10-16(22)20-21-18(24)14-9-11(2)26-12(14)3/h5-9H,4,10H2,1-3H3,(H,19,23)(H,20,22)(H,21,24). The van der Waals surface area contributed by atoms with E-state index in [9.17, 15) is 14.4 Å². The van der Waals surface area contributed by atoms with Crippen molar-refractivity contribution in [3.05, 3.63) is 53.0 Å². The molecule has 0 bridgehead atoms. The monoisotopic (exact) mass is 359 g/mol. The van der Waals surface area contributed by atoms with E-state index in [2.05, 4.69) is 16.2 Å². The minimum Gasteiger partial charge on any atom is -0.493 e. The fourth-order valence-electron chi connectivity index (χ4n) is 2.29. The van der Waals surface area contributed by atoms with Crippen molar-refractivity contribution < 1.29 is 23.5 Å². The summed E-state index contributed by atoms with van der Waals surface area (Å²) in [6.45, 7) is 5.30. The topological polar surface area (TPSA) is 110 Å². The van der Waals surface area contributed by atoms with Crippen molar-refractivity contribution in [1.82, 2.24) is 16.2 Å². The molecule has 0 saturated carbocycles. The Kier molecular flexibility index (Phi) is 6.37. The van der Waals surface area contributed by atoms with E-state index in [1.54, 1.807) is 44.2 Å². The van der Waals surface area contributed by atoms with Gasteiger partial charge in [0.1, 0.15) is 17.3 Å². The van der Waals surface area contributed by atoms with Crippen LogP contribution in [0.4, 0.5) is 0 Å². The maximum absolute atomic E-state index is 12.2. The average Bonchev–Trinajstić information content (AvgIpc) is 2.96. The molecule has 26 heavy (non-hydrogen) atoms. The molecule has 0 aliphatic heterocycles. The zero-order valence-corrected chi connectivity index (χ0v) is 14.8. The molecule has 0 aliphatic carbocycles. The number of carbonyl (C=O) groups excluding carboxylic acids is 3. The smallest absolute Gasteiger partial charge is 0.273 e. The number of benzene rings is 1. The Morgan fingerprint density at radius 1 is 1.04 bits per heavy atom. The Bertz CT molecular complexity index is 813. The molecule has 1 aromatic carbocycles. The largest absolute Gasteiger partial charge is 0.493 e. The number of furan rings is 1. The maximum atomic E-state index is 12.2. The van der Waals surface area contributed by atoms with Gasteiger partial charge in [0.15, 0.2) is 0 Å². The summed E-state index contributed by atoms with van der Waals surface area (Å²) in [6, 6.07) is 8.30. The van der Waals surface area contributed by atoms with Crippen LogP contribution < -0.4 is 20.9 Å². The molecule has 0 spiro atoms. The summed E-state index contributed by atoms with van der Waals surface area (Å²) in [5.74, 6) is -0.0303. The fourth-order valence-corrected chi connectivity index (χ4v) is 2.29. The van der Waals surface area contributed by atoms with Crippen LogP contribution in [-0.4, -0.2) is 30.9 Å². The Morgan fingerprint density at radius 3 is 2.42 bits per heavy atom. The Hall–Kier alpha value is -3.29. The molecular weight excluding hydrogens is 338 g/mol. The summed E-state index contributed by atoms with van der Waals surface area (Å²) in [4.78, 5) is 36.0. The van der Waals surface area contributed by atoms with Gasteiger partial charge < -0.3 is 14.5 Å². The van der Waals surface area contributed by atoms with Gasteiger partial charge in [-0.05, 0) is 39.0 Å². The summed E-state index contributed by atoms with van der Waals surface area (Å²) in [7, 11) is 0.